The topological polar surface area (TPSA) is 111 Å². The maximum Gasteiger partial charge on any atom is 0.389 e. The summed E-state index contributed by atoms with van der Waals surface area (Å²) in [6, 6.07) is 14.6. The summed E-state index contributed by atoms with van der Waals surface area (Å²) in [6.45, 7) is 0. The van der Waals surface area contributed by atoms with Gasteiger partial charge in [0.2, 0.25) is 11.8 Å². The molecule has 3 aliphatic rings. The molecule has 1 aliphatic heterocycles. The summed E-state index contributed by atoms with van der Waals surface area (Å²) in [6.07, 6.45) is -3.94. The van der Waals surface area contributed by atoms with Crippen molar-refractivity contribution in [2.75, 3.05) is 0 Å². The zero-order valence-electron chi connectivity index (χ0n) is 22.0. The van der Waals surface area contributed by atoms with Crippen LogP contribution in [0.3, 0.4) is 0 Å². The number of nitrogens with zero attached hydrogens (tertiary/aromatic N) is 1. The van der Waals surface area contributed by atoms with Gasteiger partial charge in [-0.15, -0.1) is 0 Å². The van der Waals surface area contributed by atoms with Crippen LogP contribution in [0.25, 0.3) is 0 Å². The molecular weight excluding hydrogens is 523 g/mol. The lowest BCUT2D eigenvalue weighted by Gasteiger charge is -2.26. The molecular formula is C30H32F3N3O4. The Morgan fingerprint density at radius 1 is 1.02 bits per heavy atom. The quantitative estimate of drug-likeness (QED) is 0.426. The predicted octanol–water partition coefficient (Wildman–Crippen LogP) is 4.49. The van der Waals surface area contributed by atoms with Crippen molar-refractivity contribution in [1.29, 1.82) is 0 Å². The number of hydrogen-bond acceptors (Lipinski definition) is 5. The lowest BCUT2D eigenvalue weighted by molar-refractivity contribution is -0.146. The van der Waals surface area contributed by atoms with Crippen molar-refractivity contribution in [3.8, 4) is 5.75 Å². The first-order valence-electron chi connectivity index (χ1n) is 13.7. The fourth-order valence-electron chi connectivity index (χ4n) is 5.19. The number of amides is 2. The largest absolute Gasteiger partial charge is 0.490 e. The summed E-state index contributed by atoms with van der Waals surface area (Å²) in [5.41, 5.74) is 8.09. The average molecular weight is 556 g/mol. The zero-order valence-corrected chi connectivity index (χ0v) is 22.0. The van der Waals surface area contributed by atoms with Crippen molar-refractivity contribution in [3.05, 3.63) is 65.2 Å². The number of hydrogen-bond donors (Lipinski definition) is 2. The molecule has 0 saturated heterocycles. The van der Waals surface area contributed by atoms with E-state index in [4.69, 9.17) is 10.5 Å². The highest BCUT2D eigenvalue weighted by molar-refractivity contribution is 6.16. The molecule has 0 spiro atoms. The number of fused-ring (bicyclic) bond motifs is 1. The molecule has 2 aromatic rings. The van der Waals surface area contributed by atoms with Crippen LogP contribution in [0.4, 0.5) is 13.2 Å². The molecule has 2 aromatic carbocycles. The van der Waals surface area contributed by atoms with Gasteiger partial charge in [-0.1, -0.05) is 55.3 Å². The van der Waals surface area contributed by atoms with Gasteiger partial charge >= 0.3 is 6.18 Å². The summed E-state index contributed by atoms with van der Waals surface area (Å²) in [5.74, 6) is -3.75. The number of carbonyl (C=O) groups excluding carboxylic acids is 3. The molecule has 0 unspecified atom stereocenters. The van der Waals surface area contributed by atoms with Gasteiger partial charge in [0.1, 0.15) is 5.75 Å². The van der Waals surface area contributed by atoms with Crippen LogP contribution in [0.2, 0.25) is 0 Å². The number of ether oxygens (including phenoxy) is 1. The van der Waals surface area contributed by atoms with Crippen LogP contribution in [0.1, 0.15) is 61.6 Å². The number of alkyl halides is 3. The van der Waals surface area contributed by atoms with Crippen LogP contribution < -0.4 is 15.8 Å². The van der Waals surface area contributed by atoms with Crippen molar-refractivity contribution < 1.29 is 32.3 Å². The number of aliphatic imine (C=N–C) groups is 1. The molecule has 10 heteroatoms. The van der Waals surface area contributed by atoms with Crippen LogP contribution in [0.15, 0.2) is 53.5 Å². The second kappa shape index (κ2) is 11.4. The molecule has 2 saturated carbocycles. The smallest absolute Gasteiger partial charge is 0.389 e. The highest BCUT2D eigenvalue weighted by atomic mass is 19.4. The average Bonchev–Trinajstić information content (AvgIpc) is 3.82. The normalized spacial score (nSPS) is 20.5. The molecule has 2 amide bonds. The molecule has 7 nitrogen and oxygen atoms in total. The lowest BCUT2D eigenvalue weighted by atomic mass is 9.83. The van der Waals surface area contributed by atoms with E-state index in [0.29, 0.717) is 28.2 Å². The fourth-order valence-corrected chi connectivity index (χ4v) is 5.19. The fraction of sp³-hybridized carbons (Fsp3) is 0.467. The van der Waals surface area contributed by atoms with E-state index in [1.807, 2.05) is 42.5 Å². The number of carbonyl (C=O) groups is 3. The molecule has 1 heterocycles. The third-order valence-electron chi connectivity index (χ3n) is 7.66. The first kappa shape index (κ1) is 27.9. The number of nitrogens with two attached hydrogens (primary N) is 1. The van der Waals surface area contributed by atoms with Crippen LogP contribution >= 0.6 is 0 Å². The minimum Gasteiger partial charge on any atom is -0.490 e. The molecule has 2 fully saturated rings. The number of ketones is 1. The Hall–Kier alpha value is -3.69. The maximum atomic E-state index is 13.5. The standard InChI is InChI=1S/C30H32F3N3O4/c31-30(32,33)14-13-21(23(27(34)38)15-17-9-10-17)29(39)36-28-24(37)16-22-20(7-4-8-25(22)40-19-11-12-19)26(35-28)18-5-2-1-3-6-18/h1-8,17,19,21,23,28H,9-16H2,(H2,34,38)(H,36,39)/t21-,23+,28-/m1/s1. The van der Waals surface area contributed by atoms with Crippen molar-refractivity contribution in [3.63, 3.8) is 0 Å². The second-order valence-corrected chi connectivity index (χ2v) is 10.9. The number of nitrogens with one attached hydrogen (secondary N) is 1. The van der Waals surface area contributed by atoms with Crippen molar-refractivity contribution in [1.82, 2.24) is 5.32 Å². The predicted molar refractivity (Wildman–Crippen MR) is 142 cm³/mol. The van der Waals surface area contributed by atoms with Crippen LogP contribution in [-0.4, -0.2) is 41.8 Å². The lowest BCUT2D eigenvalue weighted by Crippen LogP contribution is -2.47. The summed E-state index contributed by atoms with van der Waals surface area (Å²) >= 11 is 0. The molecule has 40 heavy (non-hydrogen) atoms. The Morgan fingerprint density at radius 2 is 1.75 bits per heavy atom. The van der Waals surface area contributed by atoms with Crippen LogP contribution in [0.5, 0.6) is 5.75 Å². The summed E-state index contributed by atoms with van der Waals surface area (Å²) in [4.78, 5) is 44.0. The SMILES string of the molecule is NC(=O)[C@@H](CC1CC1)[C@@H](CCC(F)(F)F)C(=O)N[C@H]1N=C(c2ccccc2)c2cccc(OC3CC3)c2CC1=O. The van der Waals surface area contributed by atoms with Gasteiger partial charge in [0.25, 0.3) is 0 Å². The second-order valence-electron chi connectivity index (χ2n) is 10.9. The number of Topliss-reactive ketones (excluding diaryl/α,β-unsaturated/α-hetero) is 1. The van der Waals surface area contributed by atoms with E-state index in [1.54, 1.807) is 6.07 Å². The van der Waals surface area contributed by atoms with Gasteiger partial charge in [-0.05, 0) is 37.7 Å². The molecule has 5 rings (SSSR count). The molecule has 0 aromatic heterocycles. The van der Waals surface area contributed by atoms with Gasteiger partial charge in [-0.3, -0.25) is 19.4 Å². The summed E-state index contributed by atoms with van der Waals surface area (Å²) in [7, 11) is 0. The van der Waals surface area contributed by atoms with Gasteiger partial charge < -0.3 is 15.8 Å². The van der Waals surface area contributed by atoms with Gasteiger partial charge in [0.05, 0.1) is 11.8 Å². The first-order chi connectivity index (χ1) is 19.1. The minimum atomic E-state index is -4.52. The Bertz CT molecular complexity index is 1300. The highest BCUT2D eigenvalue weighted by Crippen LogP contribution is 2.39. The van der Waals surface area contributed by atoms with Crippen LogP contribution in [-0.2, 0) is 20.8 Å². The van der Waals surface area contributed by atoms with E-state index in [-0.39, 0.29) is 24.9 Å². The van der Waals surface area contributed by atoms with Gasteiger partial charge in [0.15, 0.2) is 11.9 Å². The number of benzene rings is 2. The number of halogens is 3. The molecule has 3 atom stereocenters. The van der Waals surface area contributed by atoms with Crippen molar-refractivity contribution >= 4 is 23.3 Å². The highest BCUT2D eigenvalue weighted by Gasteiger charge is 2.41. The summed E-state index contributed by atoms with van der Waals surface area (Å²) in [5, 5.41) is 2.59. The van der Waals surface area contributed by atoms with Gasteiger partial charge in [-0.25, -0.2) is 0 Å². The van der Waals surface area contributed by atoms with E-state index in [1.165, 1.54) is 0 Å². The molecule has 212 valence electrons. The first-order valence-corrected chi connectivity index (χ1v) is 13.7. The van der Waals surface area contributed by atoms with E-state index in [9.17, 15) is 27.6 Å². The Labute approximate surface area is 230 Å². The number of primary amides is 1. The third-order valence-corrected chi connectivity index (χ3v) is 7.66. The van der Waals surface area contributed by atoms with Gasteiger partial charge in [0, 0.05) is 41.4 Å². The van der Waals surface area contributed by atoms with Crippen molar-refractivity contribution in [2.45, 2.75) is 69.8 Å². The Morgan fingerprint density at radius 3 is 2.38 bits per heavy atom. The Balaban J connectivity index is 1.47. The minimum absolute atomic E-state index is 0.0858. The molecule has 2 aliphatic carbocycles. The molecule has 0 radical (unpaired) electrons. The monoisotopic (exact) mass is 555 g/mol. The third kappa shape index (κ3) is 6.89. The summed E-state index contributed by atoms with van der Waals surface area (Å²) < 4.78 is 45.6. The van der Waals surface area contributed by atoms with Crippen molar-refractivity contribution in [2.24, 2.45) is 28.5 Å². The molecule has 0 bridgehead atoms. The van der Waals surface area contributed by atoms with Crippen LogP contribution in [0, 0.1) is 17.8 Å². The van der Waals surface area contributed by atoms with Gasteiger partial charge in [-0.2, -0.15) is 13.2 Å². The van der Waals surface area contributed by atoms with E-state index >= 15 is 0 Å². The zero-order chi connectivity index (χ0) is 28.4. The van der Waals surface area contributed by atoms with E-state index in [2.05, 4.69) is 10.3 Å². The maximum absolute atomic E-state index is 13.5. The van der Waals surface area contributed by atoms with E-state index < -0.39 is 54.6 Å². The van der Waals surface area contributed by atoms with E-state index in [0.717, 1.165) is 25.7 Å². The Kier molecular flexibility index (Phi) is 7.96. The molecule has 3 N–H and O–H groups in total. The number of rotatable bonds is 11.